The lowest BCUT2D eigenvalue weighted by Crippen LogP contribution is -2.23. The average molecular weight is 315 g/mol. The van der Waals surface area contributed by atoms with Gasteiger partial charge >= 0.3 is 0 Å². The molecule has 0 saturated carbocycles. The van der Waals surface area contributed by atoms with Crippen molar-refractivity contribution in [2.75, 3.05) is 0 Å². The number of thiophene rings is 1. The van der Waals surface area contributed by atoms with Crippen LogP contribution in [0.3, 0.4) is 0 Å². The van der Waals surface area contributed by atoms with Crippen LogP contribution in [0, 0.1) is 13.8 Å². The molecule has 2 N–H and O–H groups in total. The van der Waals surface area contributed by atoms with E-state index in [1.807, 2.05) is 14.0 Å². The fourth-order valence-corrected chi connectivity index (χ4v) is 4.34. The second-order valence-corrected chi connectivity index (χ2v) is 7.57. The Labute approximate surface area is 122 Å². The van der Waals surface area contributed by atoms with Crippen LogP contribution in [0.1, 0.15) is 21.0 Å². The minimum absolute atomic E-state index is 0.150. The van der Waals surface area contributed by atoms with Crippen molar-refractivity contribution in [2.24, 2.45) is 7.05 Å². The van der Waals surface area contributed by atoms with E-state index >= 15 is 0 Å². The summed E-state index contributed by atoms with van der Waals surface area (Å²) >= 11 is 1.28. The van der Waals surface area contributed by atoms with E-state index in [1.165, 1.54) is 17.4 Å². The molecule has 0 aliphatic carbocycles. The highest BCUT2D eigenvalue weighted by Crippen LogP contribution is 2.25. The van der Waals surface area contributed by atoms with Gasteiger partial charge in [-0.15, -0.1) is 11.3 Å². The van der Waals surface area contributed by atoms with Gasteiger partial charge in [0.15, 0.2) is 0 Å². The van der Waals surface area contributed by atoms with Gasteiger partial charge in [-0.25, -0.2) is 13.1 Å². The molecule has 0 radical (unpaired) electrons. The summed E-state index contributed by atoms with van der Waals surface area (Å²) in [6.45, 7) is 3.67. The Hall–Kier alpha value is -1.22. The third kappa shape index (κ3) is 2.93. The number of hydrogen-bond donors (Lipinski definition) is 2. The lowest BCUT2D eigenvalue weighted by Gasteiger charge is -2.06. The molecule has 0 aromatic carbocycles. The largest absolute Gasteiger partial charge is 0.391 e. The second-order valence-electron chi connectivity index (χ2n) is 4.49. The van der Waals surface area contributed by atoms with Crippen molar-refractivity contribution < 1.29 is 13.5 Å². The first-order valence-corrected chi connectivity index (χ1v) is 8.32. The summed E-state index contributed by atoms with van der Waals surface area (Å²) in [4.78, 5) is 1.54. The predicted octanol–water partition coefficient (Wildman–Crippen LogP) is 1.07. The summed E-state index contributed by atoms with van der Waals surface area (Å²) in [5.74, 6) is 0. The SMILES string of the molecule is Cc1sc(CO)cc1S(=O)(=O)NCc1cnn(C)c1C. The molecule has 2 aromatic heterocycles. The Bertz CT molecular complexity index is 716. The summed E-state index contributed by atoms with van der Waals surface area (Å²) in [6, 6.07) is 1.51. The van der Waals surface area contributed by atoms with Crippen LogP contribution >= 0.6 is 11.3 Å². The van der Waals surface area contributed by atoms with E-state index in [9.17, 15) is 8.42 Å². The molecule has 0 fully saturated rings. The van der Waals surface area contributed by atoms with Crippen molar-refractivity contribution in [2.45, 2.75) is 31.9 Å². The van der Waals surface area contributed by atoms with Gasteiger partial charge in [-0.2, -0.15) is 5.10 Å². The lowest BCUT2D eigenvalue weighted by molar-refractivity contribution is 0.285. The molecule has 0 aliphatic rings. The molecule has 0 bridgehead atoms. The first kappa shape index (κ1) is 15.2. The molecule has 2 aromatic rings. The molecular weight excluding hydrogens is 298 g/mol. The van der Waals surface area contributed by atoms with Crippen LogP contribution in [-0.2, 0) is 30.2 Å². The van der Waals surface area contributed by atoms with Gasteiger partial charge in [0, 0.05) is 34.6 Å². The third-order valence-electron chi connectivity index (χ3n) is 3.16. The number of aromatic nitrogens is 2. The Morgan fingerprint density at radius 2 is 2.15 bits per heavy atom. The fraction of sp³-hybridized carbons (Fsp3) is 0.417. The van der Waals surface area contributed by atoms with E-state index in [2.05, 4.69) is 9.82 Å². The standard InChI is InChI=1S/C12H17N3O3S2/c1-8-10(5-13-15(8)3)6-14-20(17,18)12-4-11(7-16)19-9(12)2/h4-5,14,16H,6-7H2,1-3H3. The predicted molar refractivity (Wildman–Crippen MR) is 76.9 cm³/mol. The molecule has 0 amide bonds. The van der Waals surface area contributed by atoms with Crippen LogP contribution in [0.25, 0.3) is 0 Å². The third-order valence-corrected chi connectivity index (χ3v) is 5.85. The molecule has 0 aliphatic heterocycles. The highest BCUT2D eigenvalue weighted by Gasteiger charge is 2.20. The van der Waals surface area contributed by atoms with Gasteiger partial charge in [0.25, 0.3) is 0 Å². The van der Waals surface area contributed by atoms with Crippen molar-refractivity contribution >= 4 is 21.4 Å². The first-order chi connectivity index (χ1) is 9.35. The van der Waals surface area contributed by atoms with E-state index in [0.717, 1.165) is 11.3 Å². The molecule has 0 saturated heterocycles. The smallest absolute Gasteiger partial charge is 0.241 e. The summed E-state index contributed by atoms with van der Waals surface area (Å²) in [5.41, 5.74) is 1.76. The van der Waals surface area contributed by atoms with Gasteiger partial charge in [-0.1, -0.05) is 0 Å². The maximum Gasteiger partial charge on any atom is 0.241 e. The molecular formula is C12H17N3O3S2. The van der Waals surface area contributed by atoms with Crippen LogP contribution in [-0.4, -0.2) is 23.3 Å². The number of aryl methyl sites for hydroxylation is 2. The first-order valence-electron chi connectivity index (χ1n) is 6.02. The summed E-state index contributed by atoms with van der Waals surface area (Å²) < 4.78 is 28.8. The number of hydrogen-bond acceptors (Lipinski definition) is 5. The highest BCUT2D eigenvalue weighted by molar-refractivity contribution is 7.89. The van der Waals surface area contributed by atoms with Gasteiger partial charge in [0.05, 0.1) is 17.7 Å². The van der Waals surface area contributed by atoms with Crippen LogP contribution in [0.5, 0.6) is 0 Å². The van der Waals surface area contributed by atoms with Gasteiger partial charge in [0.2, 0.25) is 10.0 Å². The van der Waals surface area contributed by atoms with Crippen molar-refractivity contribution in [3.8, 4) is 0 Å². The zero-order chi connectivity index (χ0) is 14.9. The summed E-state index contributed by atoms with van der Waals surface area (Å²) in [6.07, 6.45) is 1.65. The maximum atomic E-state index is 12.3. The number of aliphatic hydroxyl groups excluding tert-OH is 1. The van der Waals surface area contributed by atoms with Crippen LogP contribution in [0.15, 0.2) is 17.2 Å². The summed E-state index contributed by atoms with van der Waals surface area (Å²) in [5, 5.41) is 13.1. The number of aliphatic hydroxyl groups is 1. The molecule has 2 rings (SSSR count). The number of sulfonamides is 1. The van der Waals surface area contributed by atoms with Gasteiger partial charge < -0.3 is 5.11 Å². The van der Waals surface area contributed by atoms with E-state index in [0.29, 0.717) is 9.75 Å². The van der Waals surface area contributed by atoms with Gasteiger partial charge in [-0.3, -0.25) is 4.68 Å². The minimum atomic E-state index is -3.57. The zero-order valence-corrected chi connectivity index (χ0v) is 13.2. The van der Waals surface area contributed by atoms with E-state index in [-0.39, 0.29) is 18.0 Å². The van der Waals surface area contributed by atoms with Crippen molar-refractivity contribution in [1.82, 2.24) is 14.5 Å². The Balaban J connectivity index is 2.19. The van der Waals surface area contributed by atoms with Crippen LogP contribution < -0.4 is 4.72 Å². The Morgan fingerprint density at radius 3 is 2.65 bits per heavy atom. The molecule has 2 heterocycles. The minimum Gasteiger partial charge on any atom is -0.391 e. The molecule has 0 spiro atoms. The molecule has 110 valence electrons. The zero-order valence-electron chi connectivity index (χ0n) is 11.5. The van der Waals surface area contributed by atoms with Crippen LogP contribution in [0.4, 0.5) is 0 Å². The maximum absolute atomic E-state index is 12.3. The topological polar surface area (TPSA) is 84.2 Å². The number of rotatable bonds is 5. The monoisotopic (exact) mass is 315 g/mol. The van der Waals surface area contributed by atoms with E-state index in [4.69, 9.17) is 5.11 Å². The fourth-order valence-electron chi connectivity index (χ4n) is 1.84. The molecule has 6 nitrogen and oxygen atoms in total. The number of nitrogens with zero attached hydrogens (tertiary/aromatic N) is 2. The highest BCUT2D eigenvalue weighted by atomic mass is 32.2. The average Bonchev–Trinajstić information content (AvgIpc) is 2.93. The van der Waals surface area contributed by atoms with Crippen molar-refractivity contribution in [3.05, 3.63) is 33.3 Å². The summed E-state index contributed by atoms with van der Waals surface area (Å²) in [7, 11) is -1.76. The van der Waals surface area contributed by atoms with Gasteiger partial charge in [0.1, 0.15) is 0 Å². The Morgan fingerprint density at radius 1 is 1.45 bits per heavy atom. The Kier molecular flexibility index (Phi) is 4.28. The molecule has 20 heavy (non-hydrogen) atoms. The normalized spacial score (nSPS) is 12.0. The molecule has 8 heteroatoms. The van der Waals surface area contributed by atoms with E-state index in [1.54, 1.807) is 17.8 Å². The molecule has 0 atom stereocenters. The molecule has 0 unspecified atom stereocenters. The quantitative estimate of drug-likeness (QED) is 0.864. The van der Waals surface area contributed by atoms with Crippen LogP contribution in [0.2, 0.25) is 0 Å². The van der Waals surface area contributed by atoms with E-state index < -0.39 is 10.0 Å². The van der Waals surface area contributed by atoms with Gasteiger partial charge in [-0.05, 0) is 19.9 Å². The lowest BCUT2D eigenvalue weighted by atomic mass is 10.3. The number of nitrogens with one attached hydrogen (secondary N) is 1. The van der Waals surface area contributed by atoms with Crippen molar-refractivity contribution in [3.63, 3.8) is 0 Å². The van der Waals surface area contributed by atoms with Crippen molar-refractivity contribution in [1.29, 1.82) is 0 Å². The second kappa shape index (κ2) is 5.65.